The van der Waals surface area contributed by atoms with Gasteiger partial charge in [0.05, 0.1) is 4.90 Å². The maximum Gasteiger partial charge on any atom is 0.240 e. The highest BCUT2D eigenvalue weighted by molar-refractivity contribution is 7.89. The predicted molar refractivity (Wildman–Crippen MR) is 126 cm³/mol. The second kappa shape index (κ2) is 8.52. The van der Waals surface area contributed by atoms with E-state index >= 15 is 0 Å². The van der Waals surface area contributed by atoms with Gasteiger partial charge < -0.3 is 9.80 Å². The second-order valence-corrected chi connectivity index (χ2v) is 11.3. The zero-order chi connectivity index (χ0) is 22.3. The average molecular weight is 454 g/mol. The number of benzene rings is 2. The first-order valence-corrected chi connectivity index (χ1v) is 13.2. The Morgan fingerprint density at radius 2 is 1.84 bits per heavy atom. The summed E-state index contributed by atoms with van der Waals surface area (Å²) in [5.74, 6) is 1.05. The summed E-state index contributed by atoms with van der Waals surface area (Å²) in [4.78, 5) is 16.9. The first-order chi connectivity index (χ1) is 15.4. The van der Waals surface area contributed by atoms with E-state index in [1.54, 1.807) is 18.2 Å². The first-order valence-electron chi connectivity index (χ1n) is 11.7. The molecule has 1 saturated heterocycles. The predicted octanol–water partition coefficient (Wildman–Crippen LogP) is 3.70. The Balaban J connectivity index is 1.23. The summed E-state index contributed by atoms with van der Waals surface area (Å²) in [6.07, 6.45) is 5.15. The quantitative estimate of drug-likeness (QED) is 0.724. The number of piperidine rings is 1. The van der Waals surface area contributed by atoms with Crippen LogP contribution in [0, 0.1) is 11.8 Å². The van der Waals surface area contributed by atoms with Crippen LogP contribution in [0.2, 0.25) is 0 Å². The van der Waals surface area contributed by atoms with Gasteiger partial charge in [0.25, 0.3) is 0 Å². The van der Waals surface area contributed by atoms with Gasteiger partial charge in [-0.15, -0.1) is 0 Å². The van der Waals surface area contributed by atoms with E-state index in [1.807, 2.05) is 17.0 Å². The van der Waals surface area contributed by atoms with Crippen molar-refractivity contribution >= 4 is 27.3 Å². The molecule has 0 radical (unpaired) electrons. The van der Waals surface area contributed by atoms with Gasteiger partial charge in [-0.1, -0.05) is 19.1 Å². The van der Waals surface area contributed by atoms with Crippen LogP contribution < -0.4 is 14.5 Å². The second-order valence-electron chi connectivity index (χ2n) is 9.49. The molecule has 3 aliphatic rings. The summed E-state index contributed by atoms with van der Waals surface area (Å²) >= 11 is 0. The van der Waals surface area contributed by atoms with Crippen LogP contribution in [0.3, 0.4) is 0 Å². The van der Waals surface area contributed by atoms with Crippen molar-refractivity contribution in [3.63, 3.8) is 0 Å². The number of hydrogen-bond acceptors (Lipinski definition) is 4. The Morgan fingerprint density at radius 1 is 1.06 bits per heavy atom. The third kappa shape index (κ3) is 4.41. The Morgan fingerprint density at radius 3 is 2.56 bits per heavy atom. The molecule has 1 unspecified atom stereocenters. The Labute approximate surface area is 190 Å². The molecule has 2 aromatic rings. The van der Waals surface area contributed by atoms with E-state index in [-0.39, 0.29) is 23.3 Å². The number of nitrogens with zero attached hydrogens (tertiary/aromatic N) is 2. The van der Waals surface area contributed by atoms with Gasteiger partial charge in [0.1, 0.15) is 0 Å². The van der Waals surface area contributed by atoms with Gasteiger partial charge in [-0.25, -0.2) is 13.1 Å². The van der Waals surface area contributed by atoms with Crippen molar-refractivity contribution in [3.8, 4) is 0 Å². The van der Waals surface area contributed by atoms with Crippen LogP contribution in [0.5, 0.6) is 0 Å². The van der Waals surface area contributed by atoms with Crippen molar-refractivity contribution in [2.45, 2.75) is 50.5 Å². The normalized spacial score (nSPS) is 21.0. The summed E-state index contributed by atoms with van der Waals surface area (Å²) in [5, 5.41) is 0. The Kier molecular flexibility index (Phi) is 5.72. The summed E-state index contributed by atoms with van der Waals surface area (Å²) < 4.78 is 28.5. The van der Waals surface area contributed by atoms with Crippen molar-refractivity contribution < 1.29 is 13.2 Å². The van der Waals surface area contributed by atoms with Gasteiger partial charge in [-0.2, -0.15) is 0 Å². The standard InChI is InChI=1S/C25H31N3O3S/c1-18-3-2-13-27(17-18)22-8-4-19(5-9-22)16-26-32(30,31)23-10-11-24-21(15-23)12-14-28(24)25(29)20-6-7-20/h4-5,8-11,15,18,20,26H,2-3,6-7,12-14,16-17H2,1H3. The van der Waals surface area contributed by atoms with E-state index in [9.17, 15) is 13.2 Å². The number of anilines is 2. The number of rotatable bonds is 6. The van der Waals surface area contributed by atoms with Gasteiger partial charge in [0.2, 0.25) is 15.9 Å². The SMILES string of the molecule is CC1CCCN(c2ccc(CNS(=O)(=O)c3ccc4c(c3)CCN4C(=O)C3CC3)cc2)C1. The van der Waals surface area contributed by atoms with Crippen molar-refractivity contribution in [2.75, 3.05) is 29.4 Å². The lowest BCUT2D eigenvalue weighted by molar-refractivity contribution is -0.119. The lowest BCUT2D eigenvalue weighted by atomic mass is 9.99. The van der Waals surface area contributed by atoms with Crippen LogP contribution in [0.4, 0.5) is 11.4 Å². The number of sulfonamides is 1. The maximum absolute atomic E-state index is 12.9. The highest BCUT2D eigenvalue weighted by atomic mass is 32.2. The monoisotopic (exact) mass is 453 g/mol. The molecule has 170 valence electrons. The molecule has 2 heterocycles. The fraction of sp³-hybridized carbons (Fsp3) is 0.480. The molecule has 7 heteroatoms. The van der Waals surface area contributed by atoms with E-state index in [1.165, 1.54) is 18.5 Å². The smallest absolute Gasteiger partial charge is 0.240 e. The van der Waals surface area contributed by atoms with Crippen LogP contribution in [0.15, 0.2) is 47.4 Å². The number of fused-ring (bicyclic) bond motifs is 1. The van der Waals surface area contributed by atoms with Gasteiger partial charge in [-0.05, 0) is 79.5 Å². The minimum absolute atomic E-state index is 0.163. The lowest BCUT2D eigenvalue weighted by Crippen LogP contribution is -2.34. The molecule has 32 heavy (non-hydrogen) atoms. The van der Waals surface area contributed by atoms with Crippen molar-refractivity contribution in [2.24, 2.45) is 11.8 Å². The molecule has 1 amide bonds. The summed E-state index contributed by atoms with van der Waals surface area (Å²) in [5.41, 5.74) is 3.93. The summed E-state index contributed by atoms with van der Waals surface area (Å²) in [6, 6.07) is 13.3. The minimum Gasteiger partial charge on any atom is -0.371 e. The maximum atomic E-state index is 12.9. The molecular weight excluding hydrogens is 422 g/mol. The van der Waals surface area contributed by atoms with Crippen LogP contribution in [0.25, 0.3) is 0 Å². The topological polar surface area (TPSA) is 69.7 Å². The van der Waals surface area contributed by atoms with Crippen LogP contribution in [-0.2, 0) is 27.8 Å². The van der Waals surface area contributed by atoms with Crippen molar-refractivity contribution in [1.82, 2.24) is 4.72 Å². The van der Waals surface area contributed by atoms with Crippen LogP contribution in [0.1, 0.15) is 43.7 Å². The number of amides is 1. The van der Waals surface area contributed by atoms with Crippen LogP contribution in [-0.4, -0.2) is 34.0 Å². The van der Waals surface area contributed by atoms with Gasteiger partial charge >= 0.3 is 0 Å². The average Bonchev–Trinajstić information content (AvgIpc) is 3.56. The fourth-order valence-corrected chi connectivity index (χ4v) is 5.90. The summed E-state index contributed by atoms with van der Waals surface area (Å²) in [7, 11) is -3.62. The largest absolute Gasteiger partial charge is 0.371 e. The van der Waals surface area contributed by atoms with Gasteiger partial charge in [-0.3, -0.25) is 4.79 Å². The lowest BCUT2D eigenvalue weighted by Gasteiger charge is -2.32. The number of carbonyl (C=O) groups is 1. The summed E-state index contributed by atoms with van der Waals surface area (Å²) in [6.45, 7) is 5.34. The van der Waals surface area contributed by atoms with Crippen LogP contribution >= 0.6 is 0 Å². The van der Waals surface area contributed by atoms with E-state index in [2.05, 4.69) is 28.7 Å². The Hall–Kier alpha value is -2.38. The molecule has 1 saturated carbocycles. The van der Waals surface area contributed by atoms with E-state index in [4.69, 9.17) is 0 Å². The molecule has 1 atom stereocenters. The third-order valence-electron chi connectivity index (χ3n) is 6.87. The van der Waals surface area contributed by atoms with Gasteiger partial charge in [0, 0.05) is 43.5 Å². The first kappa shape index (κ1) is 21.5. The number of nitrogens with one attached hydrogen (secondary N) is 1. The molecular formula is C25H31N3O3S. The molecule has 2 fully saturated rings. The zero-order valence-corrected chi connectivity index (χ0v) is 19.4. The van der Waals surface area contributed by atoms with Crippen molar-refractivity contribution in [1.29, 1.82) is 0 Å². The number of carbonyl (C=O) groups excluding carboxylic acids is 1. The fourth-order valence-electron chi connectivity index (χ4n) is 4.84. The minimum atomic E-state index is -3.62. The Bertz CT molecular complexity index is 1110. The molecule has 0 spiro atoms. The van der Waals surface area contributed by atoms with E-state index < -0.39 is 10.0 Å². The molecule has 2 aromatic carbocycles. The van der Waals surface area contributed by atoms with Gasteiger partial charge in [0.15, 0.2) is 0 Å². The molecule has 0 bridgehead atoms. The molecule has 1 aliphatic carbocycles. The molecule has 6 nitrogen and oxygen atoms in total. The molecule has 1 N–H and O–H groups in total. The van der Waals surface area contributed by atoms with E-state index in [0.717, 1.165) is 42.7 Å². The highest BCUT2D eigenvalue weighted by Crippen LogP contribution is 2.37. The molecule has 2 aliphatic heterocycles. The highest BCUT2D eigenvalue weighted by Gasteiger charge is 2.36. The third-order valence-corrected chi connectivity index (χ3v) is 8.27. The molecule has 5 rings (SSSR count). The van der Waals surface area contributed by atoms with Crippen molar-refractivity contribution in [3.05, 3.63) is 53.6 Å². The molecule has 0 aromatic heterocycles. The van der Waals surface area contributed by atoms with E-state index in [0.29, 0.717) is 18.9 Å². The number of hydrogen-bond donors (Lipinski definition) is 1. The zero-order valence-electron chi connectivity index (χ0n) is 18.6.